The molecule has 1 rings (SSSR count). The first-order valence-corrected chi connectivity index (χ1v) is 4.56. The molecule has 1 aliphatic rings. The molecule has 0 aromatic carbocycles. The Morgan fingerprint density at radius 3 is 3.00 bits per heavy atom. The molecule has 2 atom stereocenters. The molecule has 0 saturated carbocycles. The van der Waals surface area contributed by atoms with Crippen LogP contribution in [-0.4, -0.2) is 17.3 Å². The summed E-state index contributed by atoms with van der Waals surface area (Å²) in [7, 11) is 0. The van der Waals surface area contributed by atoms with Crippen LogP contribution >= 0.6 is 0 Å². The van der Waals surface area contributed by atoms with Crippen LogP contribution in [0.15, 0.2) is 23.8 Å². The van der Waals surface area contributed by atoms with Crippen molar-refractivity contribution in [1.82, 2.24) is 0 Å². The van der Waals surface area contributed by atoms with Crippen LogP contribution in [0.4, 0.5) is 0 Å². The van der Waals surface area contributed by atoms with Gasteiger partial charge in [-0.25, -0.2) is 0 Å². The Morgan fingerprint density at radius 1 is 1.75 bits per heavy atom. The van der Waals surface area contributed by atoms with Crippen LogP contribution in [0.1, 0.15) is 26.2 Å². The Bertz CT molecular complexity index is 196. The first-order chi connectivity index (χ1) is 5.74. The maximum atomic E-state index is 9.17. The van der Waals surface area contributed by atoms with Crippen LogP contribution < -0.4 is 5.73 Å². The lowest BCUT2D eigenvalue weighted by molar-refractivity contribution is 0.225. The fourth-order valence-electron chi connectivity index (χ4n) is 1.38. The molecule has 2 heteroatoms. The highest BCUT2D eigenvalue weighted by atomic mass is 16.3. The molecule has 2 nitrogen and oxygen atoms in total. The largest absolute Gasteiger partial charge is 0.389 e. The Balaban J connectivity index is 2.48. The summed E-state index contributed by atoms with van der Waals surface area (Å²) >= 11 is 0. The highest BCUT2D eigenvalue weighted by Crippen LogP contribution is 2.15. The van der Waals surface area contributed by atoms with E-state index < -0.39 is 0 Å². The average molecular weight is 167 g/mol. The second-order valence-electron chi connectivity index (χ2n) is 3.26. The molecular formula is C10H17NO. The van der Waals surface area contributed by atoms with Crippen molar-refractivity contribution in [3.05, 3.63) is 23.8 Å². The van der Waals surface area contributed by atoms with Crippen molar-refractivity contribution >= 4 is 0 Å². The van der Waals surface area contributed by atoms with Crippen molar-refractivity contribution in [2.24, 2.45) is 5.73 Å². The van der Waals surface area contributed by atoms with Gasteiger partial charge in [0, 0.05) is 6.04 Å². The molecule has 0 spiro atoms. The third-order valence-electron chi connectivity index (χ3n) is 2.13. The van der Waals surface area contributed by atoms with Crippen LogP contribution in [0, 0.1) is 0 Å². The summed E-state index contributed by atoms with van der Waals surface area (Å²) in [5.41, 5.74) is 7.07. The summed E-state index contributed by atoms with van der Waals surface area (Å²) in [6, 6.07) is 0.152. The molecule has 12 heavy (non-hydrogen) atoms. The molecule has 1 aliphatic carbocycles. The van der Waals surface area contributed by atoms with Crippen LogP contribution in [0.5, 0.6) is 0 Å². The quantitative estimate of drug-likeness (QED) is 0.666. The summed E-state index contributed by atoms with van der Waals surface area (Å²) in [5, 5.41) is 9.17. The van der Waals surface area contributed by atoms with Gasteiger partial charge in [0.05, 0.1) is 6.10 Å². The fraction of sp³-hybridized carbons (Fsp3) is 0.600. The van der Waals surface area contributed by atoms with Gasteiger partial charge in [0.1, 0.15) is 0 Å². The Morgan fingerprint density at radius 2 is 2.50 bits per heavy atom. The van der Waals surface area contributed by atoms with E-state index in [-0.39, 0.29) is 12.1 Å². The molecule has 0 heterocycles. The predicted octanol–water partition coefficient (Wildman–Crippen LogP) is 1.36. The topological polar surface area (TPSA) is 46.2 Å². The van der Waals surface area contributed by atoms with Crippen LogP contribution in [0.25, 0.3) is 0 Å². The van der Waals surface area contributed by atoms with Gasteiger partial charge in [0.25, 0.3) is 0 Å². The zero-order valence-electron chi connectivity index (χ0n) is 7.53. The molecule has 0 fully saturated rings. The highest BCUT2D eigenvalue weighted by Gasteiger charge is 2.10. The van der Waals surface area contributed by atoms with E-state index in [4.69, 9.17) is 10.8 Å². The smallest absolute Gasteiger partial charge is 0.0758 e. The van der Waals surface area contributed by atoms with Crippen LogP contribution in [-0.2, 0) is 0 Å². The summed E-state index contributed by atoms with van der Waals surface area (Å²) in [6.07, 6.45) is 8.32. The third kappa shape index (κ3) is 2.47. The SMILES string of the molecule is CCCC(N)C1=CCC(O)C=C1. The molecule has 2 unspecified atom stereocenters. The van der Waals surface area contributed by atoms with Crippen molar-refractivity contribution in [1.29, 1.82) is 0 Å². The zero-order chi connectivity index (χ0) is 8.97. The van der Waals surface area contributed by atoms with E-state index in [1.54, 1.807) is 0 Å². The highest BCUT2D eigenvalue weighted by molar-refractivity contribution is 5.28. The van der Waals surface area contributed by atoms with Gasteiger partial charge in [-0.15, -0.1) is 0 Å². The van der Waals surface area contributed by atoms with E-state index >= 15 is 0 Å². The molecule has 0 aromatic rings. The lowest BCUT2D eigenvalue weighted by Crippen LogP contribution is -2.23. The maximum absolute atomic E-state index is 9.17. The van der Waals surface area contributed by atoms with Gasteiger partial charge < -0.3 is 10.8 Å². The van der Waals surface area contributed by atoms with Crippen molar-refractivity contribution < 1.29 is 5.11 Å². The molecule has 0 bridgehead atoms. The Kier molecular flexibility index (Phi) is 3.50. The number of aliphatic hydroxyl groups is 1. The monoisotopic (exact) mass is 167 g/mol. The molecule has 0 aliphatic heterocycles. The summed E-state index contributed by atoms with van der Waals surface area (Å²) in [5.74, 6) is 0. The minimum Gasteiger partial charge on any atom is -0.389 e. The average Bonchev–Trinajstić information content (AvgIpc) is 2.06. The molecule has 0 radical (unpaired) electrons. The van der Waals surface area contributed by atoms with E-state index in [1.165, 1.54) is 5.57 Å². The number of aliphatic hydroxyl groups excluding tert-OH is 1. The number of hydrogen-bond acceptors (Lipinski definition) is 2. The van der Waals surface area contributed by atoms with Gasteiger partial charge in [-0.1, -0.05) is 31.6 Å². The zero-order valence-corrected chi connectivity index (χ0v) is 7.53. The number of hydrogen-bond donors (Lipinski definition) is 2. The van der Waals surface area contributed by atoms with Crippen molar-refractivity contribution in [3.8, 4) is 0 Å². The predicted molar refractivity (Wildman–Crippen MR) is 50.7 cm³/mol. The molecule has 68 valence electrons. The van der Waals surface area contributed by atoms with Gasteiger partial charge in [-0.2, -0.15) is 0 Å². The standard InChI is InChI=1S/C10H17NO/c1-2-3-10(11)8-4-6-9(12)7-5-8/h4-6,9-10,12H,2-3,7,11H2,1H3. The third-order valence-corrected chi connectivity index (χ3v) is 2.13. The van der Waals surface area contributed by atoms with Crippen LogP contribution in [0.2, 0.25) is 0 Å². The summed E-state index contributed by atoms with van der Waals surface area (Å²) < 4.78 is 0. The molecule has 0 aromatic heterocycles. The van der Waals surface area contributed by atoms with E-state index in [9.17, 15) is 0 Å². The minimum atomic E-state index is -0.303. The summed E-state index contributed by atoms with van der Waals surface area (Å²) in [6.45, 7) is 2.13. The molecule has 3 N–H and O–H groups in total. The van der Waals surface area contributed by atoms with Gasteiger partial charge in [0.2, 0.25) is 0 Å². The number of rotatable bonds is 3. The van der Waals surface area contributed by atoms with Crippen LogP contribution in [0.3, 0.4) is 0 Å². The molecule has 0 amide bonds. The fourth-order valence-corrected chi connectivity index (χ4v) is 1.38. The summed E-state index contributed by atoms with van der Waals surface area (Å²) in [4.78, 5) is 0. The molecule has 0 saturated heterocycles. The van der Waals surface area contributed by atoms with Crippen molar-refractivity contribution in [2.45, 2.75) is 38.3 Å². The van der Waals surface area contributed by atoms with Crippen molar-refractivity contribution in [3.63, 3.8) is 0 Å². The molecular weight excluding hydrogens is 150 g/mol. The van der Waals surface area contributed by atoms with E-state index in [2.05, 4.69) is 6.92 Å². The second-order valence-corrected chi connectivity index (χ2v) is 3.26. The minimum absolute atomic E-state index is 0.152. The second kappa shape index (κ2) is 4.43. The Labute approximate surface area is 73.8 Å². The first-order valence-electron chi connectivity index (χ1n) is 4.56. The lowest BCUT2D eigenvalue weighted by atomic mass is 9.97. The van der Waals surface area contributed by atoms with Gasteiger partial charge in [-0.3, -0.25) is 0 Å². The Hall–Kier alpha value is -0.600. The van der Waals surface area contributed by atoms with Gasteiger partial charge >= 0.3 is 0 Å². The van der Waals surface area contributed by atoms with E-state index in [0.29, 0.717) is 6.42 Å². The maximum Gasteiger partial charge on any atom is 0.0758 e. The lowest BCUT2D eigenvalue weighted by Gasteiger charge is -2.16. The van der Waals surface area contributed by atoms with E-state index in [0.717, 1.165) is 12.8 Å². The van der Waals surface area contributed by atoms with Gasteiger partial charge in [0.15, 0.2) is 0 Å². The number of nitrogens with two attached hydrogens (primary N) is 1. The first kappa shape index (κ1) is 9.49. The normalized spacial score (nSPS) is 25.2. The van der Waals surface area contributed by atoms with Crippen molar-refractivity contribution in [2.75, 3.05) is 0 Å². The van der Waals surface area contributed by atoms with E-state index in [1.807, 2.05) is 18.2 Å². The van der Waals surface area contributed by atoms with Gasteiger partial charge in [-0.05, 0) is 18.4 Å².